The van der Waals surface area contributed by atoms with E-state index in [1.54, 1.807) is 56.3 Å². The number of hydrogen-bond acceptors (Lipinski definition) is 6. The Morgan fingerprint density at radius 2 is 1.70 bits per heavy atom. The van der Waals surface area contributed by atoms with Crippen LogP contribution in [0.2, 0.25) is 5.02 Å². The predicted molar refractivity (Wildman–Crippen MR) is 172 cm³/mol. The molecule has 3 aromatic rings. The Bertz CT molecular complexity index is 1860. The summed E-state index contributed by atoms with van der Waals surface area (Å²) in [5, 5.41) is 11.3. The summed E-state index contributed by atoms with van der Waals surface area (Å²) in [5.41, 5.74) is 0.302. The molecule has 46 heavy (non-hydrogen) atoms. The summed E-state index contributed by atoms with van der Waals surface area (Å²) in [4.78, 5) is 59.1. The monoisotopic (exact) mass is 706 g/mol. The Balaban J connectivity index is 1.38. The zero-order valence-corrected chi connectivity index (χ0v) is 27.2. The molecule has 2 saturated heterocycles. The molecule has 3 fully saturated rings. The van der Waals surface area contributed by atoms with Gasteiger partial charge in [0.1, 0.15) is 5.82 Å². The standard InChI is InChI=1S/C35H29BrClFN2O6/c1-3-46-27-6-4-5-22(30(27)41)29-20-12-13-21-28(33(44)39(31(21)42)18-9-7-17(36)8-10-18)23(20)16-24-32(43)40(34(45)35(24,29)2)19-11-14-26(38)25(37)15-19/h4-12,14-15,21,23-24,28-29,41H,3,13,16H2,1-2H3/t21-,23+,24-,28-,29+,35+/m0/s1. The number of para-hydroxylation sites is 1. The van der Waals surface area contributed by atoms with Crippen LogP contribution in [0.3, 0.4) is 0 Å². The number of fused-ring (bicyclic) bond motifs is 4. The molecule has 8 nitrogen and oxygen atoms in total. The highest BCUT2D eigenvalue weighted by Crippen LogP contribution is 2.65. The van der Waals surface area contributed by atoms with Crippen molar-refractivity contribution in [3.63, 3.8) is 0 Å². The van der Waals surface area contributed by atoms with Gasteiger partial charge in [-0.25, -0.2) is 9.29 Å². The maximum Gasteiger partial charge on any atom is 0.241 e. The maximum atomic E-state index is 14.6. The van der Waals surface area contributed by atoms with E-state index in [-0.39, 0.29) is 53.5 Å². The van der Waals surface area contributed by atoms with Crippen LogP contribution in [0.5, 0.6) is 11.5 Å². The average molecular weight is 708 g/mol. The van der Waals surface area contributed by atoms with Gasteiger partial charge in [-0.15, -0.1) is 0 Å². The van der Waals surface area contributed by atoms with Crippen LogP contribution >= 0.6 is 27.5 Å². The lowest BCUT2D eigenvalue weighted by atomic mass is 9.51. The molecule has 0 aromatic heterocycles. The summed E-state index contributed by atoms with van der Waals surface area (Å²) in [5.74, 6) is -6.06. The van der Waals surface area contributed by atoms with Crippen molar-refractivity contribution >= 4 is 62.5 Å². The number of phenols is 1. The second kappa shape index (κ2) is 11.1. The van der Waals surface area contributed by atoms with Crippen LogP contribution in [-0.4, -0.2) is 35.3 Å². The predicted octanol–water partition coefficient (Wildman–Crippen LogP) is 6.78. The number of anilines is 2. The number of nitrogens with zero attached hydrogens (tertiary/aromatic N) is 2. The highest BCUT2D eigenvalue weighted by atomic mass is 79.9. The SMILES string of the molecule is CCOc1cccc([C@H]2C3=CC[C@@H]4C(=O)N(c5ccc(Br)cc5)C(=O)[C@@H]4[C@@H]3C[C@H]3C(=O)N(c4ccc(F)c(Cl)c4)C(=O)[C@@]23C)c1O. The number of rotatable bonds is 5. The molecule has 1 N–H and O–H groups in total. The molecule has 2 aliphatic carbocycles. The minimum atomic E-state index is -1.40. The van der Waals surface area contributed by atoms with Gasteiger partial charge in [-0.05, 0) is 81.1 Å². The summed E-state index contributed by atoms with van der Waals surface area (Å²) in [6, 6.07) is 15.6. The summed E-state index contributed by atoms with van der Waals surface area (Å²) in [7, 11) is 0. The number of hydrogen-bond donors (Lipinski definition) is 1. The minimum Gasteiger partial charge on any atom is -0.504 e. The number of allylic oxidation sites excluding steroid dienone is 2. The third kappa shape index (κ3) is 4.29. The van der Waals surface area contributed by atoms with Crippen LogP contribution in [0.15, 0.2) is 76.8 Å². The smallest absolute Gasteiger partial charge is 0.241 e. The lowest BCUT2D eigenvalue weighted by Crippen LogP contribution is -2.48. The number of amides is 4. The molecular weight excluding hydrogens is 679 g/mol. The number of ether oxygens (including phenoxy) is 1. The molecule has 236 valence electrons. The van der Waals surface area contributed by atoms with Gasteiger partial charge in [0.15, 0.2) is 11.5 Å². The number of benzene rings is 3. The fraction of sp³-hybridized carbons (Fsp3) is 0.314. The van der Waals surface area contributed by atoms with Crippen LogP contribution in [0.25, 0.3) is 0 Å². The third-order valence-corrected chi connectivity index (χ3v) is 11.0. The van der Waals surface area contributed by atoms with E-state index in [1.807, 2.05) is 6.08 Å². The summed E-state index contributed by atoms with van der Waals surface area (Å²) in [6.07, 6.45) is 2.31. The van der Waals surface area contributed by atoms with E-state index in [9.17, 15) is 28.7 Å². The van der Waals surface area contributed by atoms with Gasteiger partial charge < -0.3 is 9.84 Å². The number of phenolic OH excluding ortho intramolecular Hbond substituents is 1. The van der Waals surface area contributed by atoms with Crippen LogP contribution in [0.4, 0.5) is 15.8 Å². The molecule has 4 aliphatic rings. The number of aromatic hydroxyl groups is 1. The lowest BCUT2D eigenvalue weighted by Gasteiger charge is -2.49. The van der Waals surface area contributed by atoms with E-state index in [4.69, 9.17) is 16.3 Å². The molecule has 11 heteroatoms. The van der Waals surface area contributed by atoms with Gasteiger partial charge >= 0.3 is 0 Å². The summed E-state index contributed by atoms with van der Waals surface area (Å²) < 4.78 is 20.6. The lowest BCUT2D eigenvalue weighted by molar-refractivity contribution is -0.131. The van der Waals surface area contributed by atoms with E-state index < -0.39 is 52.6 Å². The Morgan fingerprint density at radius 1 is 0.978 bits per heavy atom. The largest absolute Gasteiger partial charge is 0.504 e. The van der Waals surface area contributed by atoms with E-state index in [0.29, 0.717) is 11.3 Å². The van der Waals surface area contributed by atoms with Crippen molar-refractivity contribution in [1.82, 2.24) is 0 Å². The van der Waals surface area contributed by atoms with Crippen LogP contribution in [-0.2, 0) is 19.2 Å². The molecule has 2 heterocycles. The first kappa shape index (κ1) is 30.6. The van der Waals surface area contributed by atoms with Crippen LogP contribution < -0.4 is 14.5 Å². The molecule has 2 aliphatic heterocycles. The number of carbonyl (C=O) groups is 4. The van der Waals surface area contributed by atoms with Crippen molar-refractivity contribution in [2.45, 2.75) is 32.6 Å². The number of carbonyl (C=O) groups excluding carboxylic acids is 4. The molecule has 6 atom stereocenters. The third-order valence-electron chi connectivity index (χ3n) is 10.2. The highest BCUT2D eigenvalue weighted by Gasteiger charge is 2.68. The first-order valence-corrected chi connectivity index (χ1v) is 16.3. The molecule has 7 rings (SSSR count). The van der Waals surface area contributed by atoms with Gasteiger partial charge in [-0.3, -0.25) is 24.1 Å². The maximum absolute atomic E-state index is 14.6. The first-order chi connectivity index (χ1) is 22.0. The molecule has 0 bridgehead atoms. The number of imide groups is 2. The van der Waals surface area contributed by atoms with Gasteiger partial charge in [0, 0.05) is 16.0 Å². The summed E-state index contributed by atoms with van der Waals surface area (Å²) >= 11 is 9.47. The molecule has 4 amide bonds. The number of halogens is 3. The van der Waals surface area contributed by atoms with Gasteiger partial charge in [0.05, 0.1) is 46.2 Å². The quantitative estimate of drug-likeness (QED) is 0.232. The molecular formula is C35H29BrClFN2O6. The van der Waals surface area contributed by atoms with Crippen molar-refractivity contribution < 1.29 is 33.4 Å². The van der Waals surface area contributed by atoms with Gasteiger partial charge in [-0.1, -0.05) is 51.3 Å². The van der Waals surface area contributed by atoms with Crippen molar-refractivity contribution in [3.05, 3.63) is 93.2 Å². The molecule has 0 radical (unpaired) electrons. The Labute approximate surface area is 277 Å². The Morgan fingerprint density at radius 3 is 2.39 bits per heavy atom. The van der Waals surface area contributed by atoms with E-state index in [2.05, 4.69) is 15.9 Å². The Hall–Kier alpha value is -4.02. The van der Waals surface area contributed by atoms with Gasteiger partial charge in [0.25, 0.3) is 0 Å². The van der Waals surface area contributed by atoms with Crippen molar-refractivity contribution in [3.8, 4) is 11.5 Å². The normalized spacial score (nSPS) is 28.6. The minimum absolute atomic E-state index is 0.131. The molecule has 1 saturated carbocycles. The average Bonchev–Trinajstić information content (AvgIpc) is 3.40. The zero-order chi connectivity index (χ0) is 32.7. The van der Waals surface area contributed by atoms with E-state index in [1.165, 1.54) is 17.0 Å². The Kier molecular flexibility index (Phi) is 7.36. The van der Waals surface area contributed by atoms with Gasteiger partial charge in [0.2, 0.25) is 23.6 Å². The van der Waals surface area contributed by atoms with Crippen LogP contribution in [0, 0.1) is 34.9 Å². The van der Waals surface area contributed by atoms with Crippen molar-refractivity contribution in [1.29, 1.82) is 0 Å². The molecule has 0 unspecified atom stereocenters. The highest BCUT2D eigenvalue weighted by molar-refractivity contribution is 9.10. The van der Waals surface area contributed by atoms with Crippen molar-refractivity contribution in [2.75, 3.05) is 16.4 Å². The summed E-state index contributed by atoms with van der Waals surface area (Å²) in [6.45, 7) is 3.78. The molecule has 3 aromatic carbocycles. The molecule has 0 spiro atoms. The van der Waals surface area contributed by atoms with Crippen LogP contribution in [0.1, 0.15) is 38.2 Å². The second-order valence-corrected chi connectivity index (χ2v) is 13.7. The second-order valence-electron chi connectivity index (χ2n) is 12.4. The topological polar surface area (TPSA) is 104 Å². The zero-order valence-electron chi connectivity index (χ0n) is 24.9. The first-order valence-electron chi connectivity index (χ1n) is 15.1. The van der Waals surface area contributed by atoms with Gasteiger partial charge in [-0.2, -0.15) is 0 Å². The van der Waals surface area contributed by atoms with Crippen molar-refractivity contribution in [2.24, 2.45) is 29.1 Å². The van der Waals surface area contributed by atoms with E-state index in [0.717, 1.165) is 21.0 Å². The fourth-order valence-electron chi connectivity index (χ4n) is 8.12. The fourth-order valence-corrected chi connectivity index (χ4v) is 8.56. The van der Waals surface area contributed by atoms with E-state index >= 15 is 0 Å².